The molecule has 0 unspecified atom stereocenters. The molecular weight excluding hydrogens is 254 g/mol. The molecule has 2 aromatic rings. The Balaban J connectivity index is 2.37. The highest BCUT2D eigenvalue weighted by atomic mass is 16.3. The maximum atomic E-state index is 12.5. The lowest BCUT2D eigenvalue weighted by Crippen LogP contribution is -2.50. The number of aliphatic hydroxyl groups excluding tert-OH is 1. The van der Waals surface area contributed by atoms with Crippen molar-refractivity contribution in [3.05, 3.63) is 30.0 Å². The maximum absolute atomic E-state index is 12.5. The van der Waals surface area contributed by atoms with Gasteiger partial charge in [-0.1, -0.05) is 32.0 Å². The third-order valence-electron chi connectivity index (χ3n) is 4.01. The number of aliphatic hydroxyl groups is 1. The van der Waals surface area contributed by atoms with E-state index in [-0.39, 0.29) is 12.5 Å². The average Bonchev–Trinajstić information content (AvgIpc) is 2.83. The van der Waals surface area contributed by atoms with Gasteiger partial charge in [-0.2, -0.15) is 5.10 Å². The van der Waals surface area contributed by atoms with Crippen LogP contribution < -0.4 is 5.32 Å². The number of nitrogens with zero attached hydrogens (tertiary/aromatic N) is 2. The smallest absolute Gasteiger partial charge is 0.272 e. The number of carbonyl (C=O) groups is 1. The number of nitrogens with one attached hydrogen (secondary N) is 1. The van der Waals surface area contributed by atoms with Crippen LogP contribution in [-0.4, -0.2) is 32.9 Å². The van der Waals surface area contributed by atoms with E-state index in [0.717, 1.165) is 10.9 Å². The van der Waals surface area contributed by atoms with Crippen LogP contribution >= 0.6 is 0 Å². The van der Waals surface area contributed by atoms with Gasteiger partial charge in [0.05, 0.1) is 17.7 Å². The van der Waals surface area contributed by atoms with E-state index in [1.807, 2.05) is 45.2 Å². The normalized spacial score (nSPS) is 11.8. The van der Waals surface area contributed by atoms with Crippen molar-refractivity contribution in [3.63, 3.8) is 0 Å². The van der Waals surface area contributed by atoms with Crippen LogP contribution in [0.25, 0.3) is 10.9 Å². The highest BCUT2D eigenvalue weighted by molar-refractivity contribution is 6.05. The number of aryl methyl sites for hydroxylation is 1. The van der Waals surface area contributed by atoms with Crippen LogP contribution in [0.4, 0.5) is 0 Å². The van der Waals surface area contributed by atoms with E-state index in [2.05, 4.69) is 10.4 Å². The standard InChI is InChI=1S/C15H21N3O2/c1-4-15(5-2,10-19)16-14(20)13-11-8-6-7-9-12(11)18(3)17-13/h6-9,19H,4-5,10H2,1-3H3,(H,16,20). The molecule has 0 radical (unpaired) electrons. The summed E-state index contributed by atoms with van der Waals surface area (Å²) in [6.45, 7) is 3.84. The Bertz CT molecular complexity index is 606. The Hall–Kier alpha value is -1.88. The third kappa shape index (κ3) is 2.41. The molecule has 2 N–H and O–H groups in total. The van der Waals surface area contributed by atoms with Crippen molar-refractivity contribution < 1.29 is 9.90 Å². The molecule has 0 aliphatic heterocycles. The van der Waals surface area contributed by atoms with E-state index < -0.39 is 5.54 Å². The van der Waals surface area contributed by atoms with Crippen LogP contribution in [0.15, 0.2) is 24.3 Å². The lowest BCUT2D eigenvalue weighted by atomic mass is 9.93. The number of hydrogen-bond donors (Lipinski definition) is 2. The lowest BCUT2D eigenvalue weighted by molar-refractivity contribution is 0.0813. The van der Waals surface area contributed by atoms with Gasteiger partial charge in [0, 0.05) is 12.4 Å². The highest BCUT2D eigenvalue weighted by Gasteiger charge is 2.29. The van der Waals surface area contributed by atoms with Crippen molar-refractivity contribution in [2.75, 3.05) is 6.61 Å². The van der Waals surface area contributed by atoms with Gasteiger partial charge in [-0.25, -0.2) is 0 Å². The Morgan fingerprint density at radius 3 is 2.60 bits per heavy atom. The third-order valence-corrected chi connectivity index (χ3v) is 4.01. The zero-order valence-corrected chi connectivity index (χ0v) is 12.2. The molecule has 2 rings (SSSR count). The number of hydrogen-bond acceptors (Lipinski definition) is 3. The van der Waals surface area contributed by atoms with Crippen LogP contribution in [0.3, 0.4) is 0 Å². The van der Waals surface area contributed by atoms with E-state index >= 15 is 0 Å². The predicted octanol–water partition coefficient (Wildman–Crippen LogP) is 1.85. The fraction of sp³-hybridized carbons (Fsp3) is 0.467. The summed E-state index contributed by atoms with van der Waals surface area (Å²) < 4.78 is 1.70. The number of carbonyl (C=O) groups excluding carboxylic acids is 1. The number of para-hydroxylation sites is 1. The molecule has 0 fully saturated rings. The fourth-order valence-corrected chi connectivity index (χ4v) is 2.37. The summed E-state index contributed by atoms with van der Waals surface area (Å²) in [5.74, 6) is -0.237. The molecule has 20 heavy (non-hydrogen) atoms. The maximum Gasteiger partial charge on any atom is 0.272 e. The van der Waals surface area contributed by atoms with Gasteiger partial charge in [-0.05, 0) is 18.9 Å². The van der Waals surface area contributed by atoms with Gasteiger partial charge in [-0.3, -0.25) is 9.48 Å². The first-order chi connectivity index (χ1) is 9.56. The molecule has 0 aliphatic carbocycles. The van der Waals surface area contributed by atoms with E-state index in [1.54, 1.807) is 4.68 Å². The molecule has 0 saturated carbocycles. The molecule has 1 aromatic heterocycles. The Labute approximate surface area is 118 Å². The zero-order valence-electron chi connectivity index (χ0n) is 12.2. The van der Waals surface area contributed by atoms with E-state index in [0.29, 0.717) is 18.5 Å². The van der Waals surface area contributed by atoms with Crippen molar-refractivity contribution >= 4 is 16.8 Å². The second kappa shape index (κ2) is 5.63. The van der Waals surface area contributed by atoms with E-state index in [4.69, 9.17) is 0 Å². The molecular formula is C15H21N3O2. The first-order valence-corrected chi connectivity index (χ1v) is 6.92. The summed E-state index contributed by atoms with van der Waals surface area (Å²) in [4.78, 5) is 12.5. The van der Waals surface area contributed by atoms with Crippen molar-refractivity contribution in [2.24, 2.45) is 7.05 Å². The second-order valence-corrected chi connectivity index (χ2v) is 5.09. The van der Waals surface area contributed by atoms with Crippen molar-refractivity contribution in [2.45, 2.75) is 32.2 Å². The van der Waals surface area contributed by atoms with Crippen molar-refractivity contribution in [3.8, 4) is 0 Å². The fourth-order valence-electron chi connectivity index (χ4n) is 2.37. The summed E-state index contributed by atoms with van der Waals surface area (Å²) >= 11 is 0. The zero-order chi connectivity index (χ0) is 14.8. The number of rotatable bonds is 5. The molecule has 0 atom stereocenters. The topological polar surface area (TPSA) is 67.2 Å². The lowest BCUT2D eigenvalue weighted by Gasteiger charge is -2.30. The van der Waals surface area contributed by atoms with Crippen LogP contribution in [0, 0.1) is 0 Å². The average molecular weight is 275 g/mol. The molecule has 5 heteroatoms. The van der Waals surface area contributed by atoms with Crippen LogP contribution in [0.1, 0.15) is 37.2 Å². The summed E-state index contributed by atoms with van der Waals surface area (Å²) in [5, 5.41) is 17.6. The number of benzene rings is 1. The van der Waals surface area contributed by atoms with Gasteiger partial charge in [0.25, 0.3) is 5.91 Å². The first kappa shape index (κ1) is 14.5. The molecule has 1 amide bonds. The number of amides is 1. The summed E-state index contributed by atoms with van der Waals surface area (Å²) in [6.07, 6.45) is 1.35. The highest BCUT2D eigenvalue weighted by Crippen LogP contribution is 2.20. The minimum Gasteiger partial charge on any atom is -0.394 e. The first-order valence-electron chi connectivity index (χ1n) is 6.92. The minimum atomic E-state index is -0.574. The van der Waals surface area contributed by atoms with E-state index in [1.165, 1.54) is 0 Å². The molecule has 0 saturated heterocycles. The SMILES string of the molecule is CCC(CC)(CO)NC(=O)c1nn(C)c2ccccc12. The van der Waals surface area contributed by atoms with Gasteiger partial charge in [-0.15, -0.1) is 0 Å². The van der Waals surface area contributed by atoms with Gasteiger partial charge in [0.1, 0.15) is 0 Å². The molecule has 0 aliphatic rings. The molecule has 0 bridgehead atoms. The summed E-state index contributed by atoms with van der Waals surface area (Å²) in [6, 6.07) is 7.62. The molecule has 1 aromatic carbocycles. The Morgan fingerprint density at radius 1 is 1.35 bits per heavy atom. The van der Waals surface area contributed by atoms with E-state index in [9.17, 15) is 9.90 Å². The van der Waals surface area contributed by atoms with Crippen molar-refractivity contribution in [1.82, 2.24) is 15.1 Å². The van der Waals surface area contributed by atoms with Crippen LogP contribution in [-0.2, 0) is 7.05 Å². The Morgan fingerprint density at radius 2 is 2.00 bits per heavy atom. The quantitative estimate of drug-likeness (QED) is 0.875. The summed E-state index contributed by atoms with van der Waals surface area (Å²) in [5.41, 5.74) is 0.749. The molecule has 108 valence electrons. The largest absolute Gasteiger partial charge is 0.394 e. The van der Waals surface area contributed by atoms with Gasteiger partial charge in [0.2, 0.25) is 0 Å². The minimum absolute atomic E-state index is 0.0729. The predicted molar refractivity (Wildman–Crippen MR) is 78.6 cm³/mol. The Kier molecular flexibility index (Phi) is 4.09. The molecule has 0 spiro atoms. The monoisotopic (exact) mass is 275 g/mol. The van der Waals surface area contributed by atoms with Gasteiger partial charge in [0.15, 0.2) is 5.69 Å². The second-order valence-electron chi connectivity index (χ2n) is 5.09. The summed E-state index contributed by atoms with van der Waals surface area (Å²) in [7, 11) is 1.82. The van der Waals surface area contributed by atoms with Crippen molar-refractivity contribution in [1.29, 1.82) is 0 Å². The molecule has 5 nitrogen and oxygen atoms in total. The van der Waals surface area contributed by atoms with Crippen LogP contribution in [0.2, 0.25) is 0 Å². The molecule has 1 heterocycles. The number of fused-ring (bicyclic) bond motifs is 1. The van der Waals surface area contributed by atoms with Gasteiger partial charge >= 0.3 is 0 Å². The number of aromatic nitrogens is 2. The van der Waals surface area contributed by atoms with Gasteiger partial charge < -0.3 is 10.4 Å². The van der Waals surface area contributed by atoms with Crippen LogP contribution in [0.5, 0.6) is 0 Å².